The molecule has 0 bridgehead atoms. The van der Waals surface area contributed by atoms with Crippen molar-refractivity contribution >= 4 is 0 Å². The van der Waals surface area contributed by atoms with E-state index in [-0.39, 0.29) is 5.54 Å². The maximum absolute atomic E-state index is 8.24. The molecule has 8 heavy (non-hydrogen) atoms. The molecule has 0 aromatic carbocycles. The smallest absolute Gasteiger partial charge is 0.0935 e. The highest BCUT2D eigenvalue weighted by Crippen LogP contribution is 1.96. The van der Waals surface area contributed by atoms with E-state index in [1.54, 1.807) is 0 Å². The van der Waals surface area contributed by atoms with Gasteiger partial charge in [0, 0.05) is 12.1 Å². The minimum absolute atomic E-state index is 0.110. The first kappa shape index (κ1) is 7.92. The number of aliphatic hydroxyl groups is 1. The molecule has 0 aromatic heterocycles. The first-order valence-corrected chi connectivity index (χ1v) is 2.77. The van der Waals surface area contributed by atoms with Crippen molar-refractivity contribution in [3.63, 3.8) is 0 Å². The maximum Gasteiger partial charge on any atom is 0.0935 e. The molecule has 0 fully saturated rings. The van der Waals surface area contributed by atoms with Crippen molar-refractivity contribution in [2.75, 3.05) is 6.54 Å². The van der Waals surface area contributed by atoms with Gasteiger partial charge in [-0.1, -0.05) is 0 Å². The molecule has 0 aliphatic carbocycles. The second-order valence-corrected chi connectivity index (χ2v) is 2.81. The summed E-state index contributed by atoms with van der Waals surface area (Å²) >= 11 is 0. The van der Waals surface area contributed by atoms with Gasteiger partial charge in [-0.15, -0.1) is 0 Å². The van der Waals surface area contributed by atoms with E-state index < -0.39 is 0 Å². The summed E-state index contributed by atoms with van der Waals surface area (Å²) in [6, 6.07) is 0. The highest BCUT2D eigenvalue weighted by Gasteiger charge is 2.05. The Morgan fingerprint density at radius 3 is 2.12 bits per heavy atom. The van der Waals surface area contributed by atoms with Gasteiger partial charge in [-0.3, -0.25) is 0 Å². The quantitative estimate of drug-likeness (QED) is 0.562. The minimum atomic E-state index is 0.110. The van der Waals surface area contributed by atoms with Gasteiger partial charge in [-0.25, -0.2) is 0 Å². The molecule has 2 heteroatoms. The third-order valence-electron chi connectivity index (χ3n) is 0.724. The molecule has 0 aliphatic heterocycles. The van der Waals surface area contributed by atoms with Crippen molar-refractivity contribution in [3.8, 4) is 0 Å². The summed E-state index contributed by atoms with van der Waals surface area (Å²) in [6.45, 7) is 7.83. The van der Waals surface area contributed by atoms with Crippen LogP contribution >= 0.6 is 0 Å². The SMILES string of the molecule is CC(C)(C)NC[CH]O. The van der Waals surface area contributed by atoms with E-state index in [2.05, 4.69) is 26.1 Å². The summed E-state index contributed by atoms with van der Waals surface area (Å²) in [5.41, 5.74) is 0.110. The molecule has 0 heterocycles. The van der Waals surface area contributed by atoms with Crippen LogP contribution in [0.25, 0.3) is 0 Å². The molecule has 0 rings (SSSR count). The summed E-state index contributed by atoms with van der Waals surface area (Å²) < 4.78 is 0. The van der Waals surface area contributed by atoms with E-state index in [1.165, 1.54) is 0 Å². The number of hydrogen-bond donors (Lipinski definition) is 2. The molecular weight excluding hydrogens is 102 g/mol. The summed E-state index contributed by atoms with van der Waals surface area (Å²) in [7, 11) is 0. The van der Waals surface area contributed by atoms with Crippen LogP contribution in [0.15, 0.2) is 0 Å². The lowest BCUT2D eigenvalue weighted by Crippen LogP contribution is -2.36. The van der Waals surface area contributed by atoms with Crippen molar-refractivity contribution in [2.24, 2.45) is 0 Å². The fourth-order valence-corrected chi connectivity index (χ4v) is 0.352. The fraction of sp³-hybridized carbons (Fsp3) is 0.833. The average molecular weight is 116 g/mol. The zero-order chi connectivity index (χ0) is 6.62. The third-order valence-corrected chi connectivity index (χ3v) is 0.724. The first-order valence-electron chi connectivity index (χ1n) is 2.77. The Balaban J connectivity index is 3.11. The van der Waals surface area contributed by atoms with E-state index in [9.17, 15) is 0 Å². The standard InChI is InChI=1S/C6H14NO/c1-6(2,3)7-4-5-8/h5,7-8H,4H2,1-3H3. The summed E-state index contributed by atoms with van der Waals surface area (Å²) in [5, 5.41) is 11.3. The molecule has 2 nitrogen and oxygen atoms in total. The van der Waals surface area contributed by atoms with Crippen LogP contribution in [0.4, 0.5) is 0 Å². The molecule has 0 atom stereocenters. The Hall–Kier alpha value is -0.0800. The van der Waals surface area contributed by atoms with Crippen LogP contribution in [-0.4, -0.2) is 17.2 Å². The van der Waals surface area contributed by atoms with Gasteiger partial charge in [-0.05, 0) is 20.8 Å². The van der Waals surface area contributed by atoms with E-state index in [0.29, 0.717) is 6.54 Å². The Morgan fingerprint density at radius 2 is 2.00 bits per heavy atom. The third kappa shape index (κ3) is 5.92. The van der Waals surface area contributed by atoms with Gasteiger partial charge in [0.1, 0.15) is 0 Å². The predicted octanol–water partition coefficient (Wildman–Crippen LogP) is 0.909. The highest BCUT2D eigenvalue weighted by molar-refractivity contribution is 4.71. The van der Waals surface area contributed by atoms with Gasteiger partial charge < -0.3 is 10.4 Å². The second-order valence-electron chi connectivity index (χ2n) is 2.81. The van der Waals surface area contributed by atoms with Gasteiger partial charge in [0.15, 0.2) is 0 Å². The number of hydrogen-bond acceptors (Lipinski definition) is 2. The van der Waals surface area contributed by atoms with Crippen molar-refractivity contribution in [2.45, 2.75) is 26.3 Å². The van der Waals surface area contributed by atoms with Crippen LogP contribution in [0.1, 0.15) is 20.8 Å². The lowest BCUT2D eigenvalue weighted by Gasteiger charge is -2.18. The molecule has 2 N–H and O–H groups in total. The number of rotatable bonds is 2. The maximum atomic E-state index is 8.24. The summed E-state index contributed by atoms with van der Waals surface area (Å²) in [5.74, 6) is 0. The summed E-state index contributed by atoms with van der Waals surface area (Å²) in [6.07, 6.45) is 0. The van der Waals surface area contributed by atoms with Crippen molar-refractivity contribution < 1.29 is 5.11 Å². The predicted molar refractivity (Wildman–Crippen MR) is 34.0 cm³/mol. The van der Waals surface area contributed by atoms with E-state index in [0.717, 1.165) is 6.61 Å². The Morgan fingerprint density at radius 1 is 1.50 bits per heavy atom. The van der Waals surface area contributed by atoms with Gasteiger partial charge in [0.05, 0.1) is 6.61 Å². The molecule has 0 amide bonds. The average Bonchev–Trinajstić information content (AvgIpc) is 1.59. The largest absolute Gasteiger partial charge is 0.389 e. The van der Waals surface area contributed by atoms with Crippen LogP contribution in [-0.2, 0) is 0 Å². The van der Waals surface area contributed by atoms with Crippen LogP contribution < -0.4 is 5.32 Å². The number of nitrogens with one attached hydrogen (secondary N) is 1. The monoisotopic (exact) mass is 116 g/mol. The molecule has 0 saturated carbocycles. The Labute approximate surface area is 50.9 Å². The van der Waals surface area contributed by atoms with Crippen LogP contribution in [0, 0.1) is 6.61 Å². The normalized spacial score (nSPS) is 12.0. The van der Waals surface area contributed by atoms with Crippen LogP contribution in [0.2, 0.25) is 0 Å². The van der Waals surface area contributed by atoms with Crippen LogP contribution in [0.3, 0.4) is 0 Å². The highest BCUT2D eigenvalue weighted by atomic mass is 16.3. The molecule has 0 saturated heterocycles. The lowest BCUT2D eigenvalue weighted by atomic mass is 10.1. The van der Waals surface area contributed by atoms with Gasteiger partial charge in [-0.2, -0.15) is 0 Å². The number of aliphatic hydroxyl groups excluding tert-OH is 1. The van der Waals surface area contributed by atoms with Gasteiger partial charge in [0.25, 0.3) is 0 Å². The van der Waals surface area contributed by atoms with Crippen molar-refractivity contribution in [1.29, 1.82) is 0 Å². The van der Waals surface area contributed by atoms with E-state index in [4.69, 9.17) is 5.11 Å². The lowest BCUT2D eigenvalue weighted by molar-refractivity contribution is 0.342. The first-order chi connectivity index (χ1) is 3.56. The van der Waals surface area contributed by atoms with E-state index in [1.807, 2.05) is 0 Å². The van der Waals surface area contributed by atoms with Crippen molar-refractivity contribution in [1.82, 2.24) is 5.32 Å². The Kier molecular flexibility index (Phi) is 3.02. The zero-order valence-corrected chi connectivity index (χ0v) is 5.73. The fourth-order valence-electron chi connectivity index (χ4n) is 0.352. The minimum Gasteiger partial charge on any atom is -0.389 e. The zero-order valence-electron chi connectivity index (χ0n) is 5.73. The van der Waals surface area contributed by atoms with Gasteiger partial charge in [0.2, 0.25) is 0 Å². The van der Waals surface area contributed by atoms with Gasteiger partial charge >= 0.3 is 0 Å². The molecular formula is C6H14NO. The van der Waals surface area contributed by atoms with Crippen LogP contribution in [0.5, 0.6) is 0 Å². The molecule has 0 unspecified atom stereocenters. The molecule has 49 valence electrons. The topological polar surface area (TPSA) is 32.3 Å². The molecule has 1 radical (unpaired) electrons. The van der Waals surface area contributed by atoms with E-state index >= 15 is 0 Å². The van der Waals surface area contributed by atoms with Crippen molar-refractivity contribution in [3.05, 3.63) is 6.61 Å². The molecule has 0 spiro atoms. The Bertz CT molecular complexity index is 56.0. The second kappa shape index (κ2) is 3.05. The summed E-state index contributed by atoms with van der Waals surface area (Å²) in [4.78, 5) is 0. The molecule has 0 aliphatic rings. The molecule has 0 aromatic rings.